The molecule has 0 amide bonds. The van der Waals surface area contributed by atoms with Gasteiger partial charge in [-0.3, -0.25) is 0 Å². The van der Waals surface area contributed by atoms with Gasteiger partial charge in [0.25, 0.3) is 0 Å². The Bertz CT molecular complexity index is 146. The average Bonchev–Trinajstić information content (AvgIpc) is 2.43. The van der Waals surface area contributed by atoms with Crippen LogP contribution in [0.3, 0.4) is 0 Å². The highest BCUT2D eigenvalue weighted by atomic mass is 35.5. The maximum atomic E-state index is 4.64. The number of hydrogen-bond acceptors (Lipinski definition) is 1. The van der Waals surface area contributed by atoms with Gasteiger partial charge in [-0.25, -0.2) is 4.98 Å². The second-order valence-corrected chi connectivity index (χ2v) is 1.18. The largest absolute Gasteiger partial charge is 0.345 e. The minimum atomic E-state index is 0.819. The molecule has 2 nitrogen and oxygen atoms in total. The van der Waals surface area contributed by atoms with Gasteiger partial charge in [-0.1, -0.05) is 6.58 Å². The molecule has 0 aliphatic carbocycles. The van der Waals surface area contributed by atoms with Crippen molar-refractivity contribution in [3.63, 3.8) is 0 Å². The summed E-state index contributed by atoms with van der Waals surface area (Å²) >= 11 is 4.64. The van der Waals surface area contributed by atoms with E-state index in [0.717, 1.165) is 5.82 Å². The molecule has 0 unspecified atom stereocenters. The zero-order valence-corrected chi connectivity index (χ0v) is 6.02. The van der Waals surface area contributed by atoms with E-state index in [9.17, 15) is 0 Å². The Hall–Kier alpha value is -0.760. The molecule has 1 N–H and O–H groups in total. The topological polar surface area (TPSA) is 28.7 Å². The number of H-pyrrole nitrogens is 1. The molecule has 9 heavy (non-hydrogen) atoms. The van der Waals surface area contributed by atoms with Crippen molar-refractivity contribution in [3.8, 4) is 0 Å². The van der Waals surface area contributed by atoms with Crippen molar-refractivity contribution in [1.29, 1.82) is 0 Å². The number of halogens is 1. The maximum absolute atomic E-state index is 4.64. The molecule has 3 heteroatoms. The van der Waals surface area contributed by atoms with Crippen LogP contribution < -0.4 is 0 Å². The Morgan fingerprint density at radius 1 is 1.78 bits per heavy atom. The molecular formula is C6H9ClN2. The smallest absolute Gasteiger partial charge is 0.129 e. The first kappa shape index (κ1) is 8.24. The first-order valence-corrected chi connectivity index (χ1v) is 3.18. The minimum absolute atomic E-state index is 0.819. The van der Waals surface area contributed by atoms with Crippen LogP contribution in [0.25, 0.3) is 6.08 Å². The molecule has 1 rings (SSSR count). The zero-order valence-electron chi connectivity index (χ0n) is 5.26. The second-order valence-electron chi connectivity index (χ2n) is 1.18. The highest BCUT2D eigenvalue weighted by Gasteiger charge is 1.78. The van der Waals surface area contributed by atoms with Gasteiger partial charge in [-0.15, -0.1) is 11.6 Å². The predicted molar refractivity (Wildman–Crippen MR) is 40.5 cm³/mol. The Kier molecular flexibility index (Phi) is 4.92. The molecule has 0 atom stereocenters. The van der Waals surface area contributed by atoms with E-state index in [1.165, 1.54) is 6.38 Å². The summed E-state index contributed by atoms with van der Waals surface area (Å²) in [7, 11) is 0. The fourth-order valence-electron chi connectivity index (χ4n) is 0.389. The maximum Gasteiger partial charge on any atom is 0.129 e. The van der Waals surface area contributed by atoms with Crippen molar-refractivity contribution < 1.29 is 0 Å². The van der Waals surface area contributed by atoms with E-state index >= 15 is 0 Å². The third-order valence-electron chi connectivity index (χ3n) is 0.713. The van der Waals surface area contributed by atoms with Crippen molar-refractivity contribution in [2.75, 3.05) is 6.38 Å². The first-order valence-electron chi connectivity index (χ1n) is 2.43. The molecule has 1 aromatic rings. The number of alkyl halides is 1. The lowest BCUT2D eigenvalue weighted by Gasteiger charge is -1.73. The molecule has 50 valence electrons. The fraction of sp³-hybridized carbons (Fsp3) is 0.167. The summed E-state index contributed by atoms with van der Waals surface area (Å²) in [5, 5.41) is 0. The van der Waals surface area contributed by atoms with E-state index < -0.39 is 0 Å². The summed E-state index contributed by atoms with van der Waals surface area (Å²) in [6.45, 7) is 3.51. The lowest BCUT2D eigenvalue weighted by molar-refractivity contribution is 1.27. The van der Waals surface area contributed by atoms with Gasteiger partial charge >= 0.3 is 0 Å². The molecule has 0 fully saturated rings. The second kappa shape index (κ2) is 5.38. The van der Waals surface area contributed by atoms with Gasteiger partial charge in [0.2, 0.25) is 0 Å². The highest BCUT2D eigenvalue weighted by molar-refractivity contribution is 6.15. The van der Waals surface area contributed by atoms with Crippen LogP contribution in [0.15, 0.2) is 19.0 Å². The van der Waals surface area contributed by atoms with Gasteiger partial charge in [-0.2, -0.15) is 0 Å². The molecular weight excluding hydrogens is 136 g/mol. The SMILES string of the molecule is C=Cc1ncc[nH]1.CCl. The zero-order chi connectivity index (χ0) is 7.11. The van der Waals surface area contributed by atoms with E-state index in [2.05, 4.69) is 28.1 Å². The van der Waals surface area contributed by atoms with E-state index in [-0.39, 0.29) is 0 Å². The van der Waals surface area contributed by atoms with E-state index in [0.29, 0.717) is 0 Å². The van der Waals surface area contributed by atoms with Gasteiger partial charge in [0.1, 0.15) is 5.82 Å². The van der Waals surface area contributed by atoms with Crippen LogP contribution in [0.4, 0.5) is 0 Å². The lowest BCUT2D eigenvalue weighted by Crippen LogP contribution is -1.67. The molecule has 0 bridgehead atoms. The Balaban J connectivity index is 0.000000291. The lowest BCUT2D eigenvalue weighted by atomic mass is 10.6. The number of nitrogens with one attached hydrogen (secondary N) is 1. The van der Waals surface area contributed by atoms with Gasteiger partial charge in [0, 0.05) is 18.8 Å². The summed E-state index contributed by atoms with van der Waals surface area (Å²) in [6, 6.07) is 0. The highest BCUT2D eigenvalue weighted by Crippen LogP contribution is 1.85. The summed E-state index contributed by atoms with van der Waals surface area (Å²) in [5.74, 6) is 0.819. The molecule has 0 radical (unpaired) electrons. The molecule has 0 aromatic carbocycles. The van der Waals surface area contributed by atoms with Gasteiger partial charge in [0.05, 0.1) is 0 Å². The number of aromatic nitrogens is 2. The standard InChI is InChI=1S/C5H6N2.CH3Cl/c1-2-5-6-3-4-7-5;1-2/h2-4H,1H2,(H,6,7);1H3. The first-order chi connectivity index (χ1) is 4.43. The average molecular weight is 145 g/mol. The van der Waals surface area contributed by atoms with Gasteiger partial charge < -0.3 is 4.98 Å². The van der Waals surface area contributed by atoms with Crippen LogP contribution in [-0.4, -0.2) is 16.4 Å². The minimum Gasteiger partial charge on any atom is -0.345 e. The molecule has 0 saturated carbocycles. The fourth-order valence-corrected chi connectivity index (χ4v) is 0.389. The summed E-state index contributed by atoms with van der Waals surface area (Å²) < 4.78 is 0. The molecule has 1 aromatic heterocycles. The normalized spacial score (nSPS) is 7.33. The van der Waals surface area contributed by atoms with Crippen molar-refractivity contribution in [1.82, 2.24) is 9.97 Å². The van der Waals surface area contributed by atoms with E-state index in [1.54, 1.807) is 18.5 Å². The quantitative estimate of drug-likeness (QED) is 0.600. The van der Waals surface area contributed by atoms with E-state index in [4.69, 9.17) is 0 Å². The molecule has 0 spiro atoms. The van der Waals surface area contributed by atoms with Crippen molar-refractivity contribution >= 4 is 17.7 Å². The van der Waals surface area contributed by atoms with Gasteiger partial charge in [-0.05, 0) is 6.08 Å². The monoisotopic (exact) mass is 144 g/mol. The molecule has 0 saturated heterocycles. The molecule has 0 aliphatic rings. The van der Waals surface area contributed by atoms with E-state index in [1.807, 2.05) is 0 Å². The molecule has 0 aliphatic heterocycles. The summed E-state index contributed by atoms with van der Waals surface area (Å²) in [4.78, 5) is 6.72. The van der Waals surface area contributed by atoms with Crippen LogP contribution in [-0.2, 0) is 0 Å². The van der Waals surface area contributed by atoms with Crippen molar-refractivity contribution in [3.05, 3.63) is 24.8 Å². The number of hydrogen-bond donors (Lipinski definition) is 1. The van der Waals surface area contributed by atoms with Crippen molar-refractivity contribution in [2.24, 2.45) is 0 Å². The number of rotatable bonds is 1. The van der Waals surface area contributed by atoms with Crippen LogP contribution in [0, 0.1) is 0 Å². The summed E-state index contributed by atoms with van der Waals surface area (Å²) in [6.07, 6.45) is 6.59. The van der Waals surface area contributed by atoms with Crippen LogP contribution >= 0.6 is 11.6 Å². The number of imidazole rings is 1. The van der Waals surface area contributed by atoms with Crippen LogP contribution in [0.1, 0.15) is 5.82 Å². The molecule has 1 heterocycles. The third-order valence-corrected chi connectivity index (χ3v) is 0.713. The third kappa shape index (κ3) is 2.93. The Morgan fingerprint density at radius 3 is 2.67 bits per heavy atom. The number of nitrogens with zero attached hydrogens (tertiary/aromatic N) is 1. The van der Waals surface area contributed by atoms with Crippen LogP contribution in [0.5, 0.6) is 0 Å². The Morgan fingerprint density at radius 2 is 2.44 bits per heavy atom. The summed E-state index contributed by atoms with van der Waals surface area (Å²) in [5.41, 5.74) is 0. The predicted octanol–water partition coefficient (Wildman–Crippen LogP) is 1.91. The Labute approximate surface area is 59.6 Å². The van der Waals surface area contributed by atoms with Gasteiger partial charge in [0.15, 0.2) is 0 Å². The van der Waals surface area contributed by atoms with Crippen molar-refractivity contribution in [2.45, 2.75) is 0 Å². The van der Waals surface area contributed by atoms with Crippen LogP contribution in [0.2, 0.25) is 0 Å². The number of aromatic amines is 1.